The second kappa shape index (κ2) is 12.9. The van der Waals surface area contributed by atoms with Crippen molar-refractivity contribution in [2.45, 2.75) is 84.9 Å². The highest BCUT2D eigenvalue weighted by Crippen LogP contribution is 2.35. The van der Waals surface area contributed by atoms with Gasteiger partial charge in [-0.15, -0.1) is 0 Å². The minimum atomic E-state index is -5.08. The summed E-state index contributed by atoms with van der Waals surface area (Å²) < 4.78 is 37.6. The van der Waals surface area contributed by atoms with Crippen LogP contribution in [0.25, 0.3) is 0 Å². The second-order valence-corrected chi connectivity index (χ2v) is 10.1. The molecule has 0 aromatic heterocycles. The van der Waals surface area contributed by atoms with Crippen molar-refractivity contribution in [2.24, 2.45) is 5.41 Å². The van der Waals surface area contributed by atoms with Crippen LogP contribution in [-0.4, -0.2) is 48.3 Å². The van der Waals surface area contributed by atoms with Crippen molar-refractivity contribution in [3.63, 3.8) is 0 Å². The van der Waals surface area contributed by atoms with E-state index in [4.69, 9.17) is 14.6 Å². The third-order valence-corrected chi connectivity index (χ3v) is 5.52. The number of hydrogen-bond acceptors (Lipinski definition) is 5. The van der Waals surface area contributed by atoms with E-state index < -0.39 is 12.1 Å². The summed E-state index contributed by atoms with van der Waals surface area (Å²) in [6.07, 6.45) is -2.94. The van der Waals surface area contributed by atoms with Crippen molar-refractivity contribution in [1.29, 1.82) is 0 Å². The monoisotopic (exact) mass is 504 g/mol. The number of carboxylic acids is 1. The molecular weight excluding hydrogens is 465 g/mol. The molecule has 1 aromatic carbocycles. The van der Waals surface area contributed by atoms with Crippen molar-refractivity contribution < 1.29 is 38.8 Å². The smallest absolute Gasteiger partial charge is 0.475 e. The van der Waals surface area contributed by atoms with Crippen LogP contribution in [0.1, 0.15) is 85.2 Å². The number of aliphatic carboxylic acids is 1. The predicted octanol–water partition coefficient (Wildman–Crippen LogP) is 5.00. The van der Waals surface area contributed by atoms with Crippen molar-refractivity contribution in [3.8, 4) is 5.75 Å². The molecule has 3 N–H and O–H groups in total. The Morgan fingerprint density at radius 1 is 1.14 bits per heavy atom. The summed E-state index contributed by atoms with van der Waals surface area (Å²) in [7, 11) is 0. The molecule has 1 unspecified atom stereocenters. The first-order chi connectivity index (χ1) is 16.0. The molecule has 1 amide bonds. The molecule has 7 nitrogen and oxygen atoms in total. The Hall–Kier alpha value is -2.62. The maximum absolute atomic E-state index is 12.7. The van der Waals surface area contributed by atoms with Gasteiger partial charge in [0.1, 0.15) is 5.75 Å². The SMILES string of the molecule is CC(C)c1cccc(C(C)C)c1OC(=O)CC(C)(C)CNC(=O)C1CCCN1.O=C(O)C(F)(F)F.[HH]. The van der Waals surface area contributed by atoms with Gasteiger partial charge >= 0.3 is 18.1 Å². The molecule has 35 heavy (non-hydrogen) atoms. The van der Waals surface area contributed by atoms with E-state index in [1.54, 1.807) is 0 Å². The van der Waals surface area contributed by atoms with Crippen LogP contribution in [0, 0.1) is 5.41 Å². The Kier molecular flexibility index (Phi) is 11.2. The van der Waals surface area contributed by atoms with E-state index in [-0.39, 0.29) is 43.0 Å². The summed E-state index contributed by atoms with van der Waals surface area (Å²) in [6.45, 7) is 13.7. The van der Waals surface area contributed by atoms with Gasteiger partial charge in [0.05, 0.1) is 12.5 Å². The molecule has 1 saturated heterocycles. The fraction of sp³-hybridized carbons (Fsp3) is 0.640. The zero-order valence-electron chi connectivity index (χ0n) is 21.2. The van der Waals surface area contributed by atoms with Crippen molar-refractivity contribution in [3.05, 3.63) is 29.3 Å². The third-order valence-electron chi connectivity index (χ3n) is 5.52. The minimum absolute atomic E-state index is 0. The quantitative estimate of drug-likeness (QED) is 0.340. The van der Waals surface area contributed by atoms with Crippen LogP contribution in [0.15, 0.2) is 18.2 Å². The fourth-order valence-corrected chi connectivity index (χ4v) is 3.56. The molecule has 0 aliphatic carbocycles. The van der Waals surface area contributed by atoms with E-state index in [0.717, 1.165) is 30.5 Å². The highest BCUT2D eigenvalue weighted by Gasteiger charge is 2.38. The van der Waals surface area contributed by atoms with Crippen molar-refractivity contribution >= 4 is 17.8 Å². The van der Waals surface area contributed by atoms with Crippen molar-refractivity contribution in [1.82, 2.24) is 10.6 Å². The molecule has 200 valence electrons. The first kappa shape index (κ1) is 30.4. The molecule has 1 aliphatic heterocycles. The number of nitrogens with one attached hydrogen (secondary N) is 2. The highest BCUT2D eigenvalue weighted by molar-refractivity contribution is 5.82. The van der Waals surface area contributed by atoms with E-state index in [2.05, 4.69) is 38.3 Å². The number of carboxylic acid groups (broad SMARTS) is 1. The molecule has 2 rings (SSSR count). The van der Waals surface area contributed by atoms with Gasteiger partial charge < -0.3 is 20.5 Å². The largest absolute Gasteiger partial charge is 0.490 e. The lowest BCUT2D eigenvalue weighted by atomic mass is 9.89. The van der Waals surface area contributed by atoms with Crippen LogP contribution in [0.5, 0.6) is 5.75 Å². The van der Waals surface area contributed by atoms with E-state index in [1.807, 2.05) is 32.0 Å². The molecule has 0 saturated carbocycles. The number of carbonyl (C=O) groups is 3. The molecule has 1 fully saturated rings. The zero-order valence-corrected chi connectivity index (χ0v) is 21.2. The van der Waals surface area contributed by atoms with Crippen LogP contribution in [0.3, 0.4) is 0 Å². The number of hydrogen-bond donors (Lipinski definition) is 3. The number of esters is 1. The summed E-state index contributed by atoms with van der Waals surface area (Å²) in [5.74, 6) is -1.75. The lowest BCUT2D eigenvalue weighted by Crippen LogP contribution is -2.44. The second-order valence-electron chi connectivity index (χ2n) is 10.1. The zero-order chi connectivity index (χ0) is 27.0. The molecule has 0 bridgehead atoms. The maximum atomic E-state index is 12.7. The number of carbonyl (C=O) groups excluding carboxylic acids is 2. The minimum Gasteiger partial charge on any atom is -0.475 e. The number of amides is 1. The van der Waals surface area contributed by atoms with Gasteiger partial charge in [-0.2, -0.15) is 13.2 Å². The average molecular weight is 505 g/mol. The topological polar surface area (TPSA) is 105 Å². The number of ether oxygens (including phenoxy) is 1. The summed E-state index contributed by atoms with van der Waals surface area (Å²) in [5, 5.41) is 13.3. The fourth-order valence-electron chi connectivity index (χ4n) is 3.56. The van der Waals surface area contributed by atoms with Crippen LogP contribution in [-0.2, 0) is 14.4 Å². The molecule has 0 spiro atoms. The van der Waals surface area contributed by atoms with Crippen LogP contribution in [0.2, 0.25) is 0 Å². The maximum Gasteiger partial charge on any atom is 0.490 e. The van der Waals surface area contributed by atoms with Crippen LogP contribution < -0.4 is 15.4 Å². The van der Waals surface area contributed by atoms with Gasteiger partial charge in [0.25, 0.3) is 0 Å². The van der Waals surface area contributed by atoms with Gasteiger partial charge in [-0.3, -0.25) is 9.59 Å². The lowest BCUT2D eigenvalue weighted by Gasteiger charge is -2.26. The van der Waals surface area contributed by atoms with Crippen LogP contribution in [0.4, 0.5) is 13.2 Å². The number of rotatable bonds is 8. The summed E-state index contributed by atoms with van der Waals surface area (Å²) in [5.41, 5.74) is 1.73. The normalized spacial score (nSPS) is 16.0. The van der Waals surface area contributed by atoms with Crippen molar-refractivity contribution in [2.75, 3.05) is 13.1 Å². The summed E-state index contributed by atoms with van der Waals surface area (Å²) >= 11 is 0. The molecule has 0 radical (unpaired) electrons. The summed E-state index contributed by atoms with van der Waals surface area (Å²) in [6, 6.07) is 5.98. The van der Waals surface area contributed by atoms with Gasteiger partial charge in [-0.05, 0) is 47.8 Å². The number of halogens is 3. The van der Waals surface area contributed by atoms with E-state index in [1.165, 1.54) is 0 Å². The Morgan fingerprint density at radius 2 is 1.66 bits per heavy atom. The van der Waals surface area contributed by atoms with Gasteiger partial charge in [0.2, 0.25) is 5.91 Å². The molecule has 1 atom stereocenters. The predicted molar refractivity (Wildman–Crippen MR) is 128 cm³/mol. The summed E-state index contributed by atoms with van der Waals surface area (Å²) in [4.78, 5) is 33.8. The van der Waals surface area contributed by atoms with E-state index >= 15 is 0 Å². The molecule has 1 heterocycles. The number of benzene rings is 1. The van der Waals surface area contributed by atoms with E-state index in [0.29, 0.717) is 12.3 Å². The molecule has 1 aliphatic rings. The molecule has 10 heteroatoms. The standard InChI is InChI=1S/C23H36N2O3.C2HF3O2.H2/c1-15(2)17-9-7-10-18(16(3)4)21(17)28-20(26)13-23(5,6)14-25-22(27)19-11-8-12-24-19;3-2(4,5)1(6)7;/h7,9-10,15-16,19,24H,8,11-14H2,1-6H3,(H,25,27);(H,6,7);1H. The molecule has 1 aromatic rings. The Morgan fingerprint density at radius 3 is 2.06 bits per heavy atom. The van der Waals surface area contributed by atoms with Gasteiger partial charge in [0.15, 0.2) is 0 Å². The van der Waals surface area contributed by atoms with Gasteiger partial charge in [0, 0.05) is 7.97 Å². The van der Waals surface area contributed by atoms with Gasteiger partial charge in [-0.1, -0.05) is 59.7 Å². The van der Waals surface area contributed by atoms with Gasteiger partial charge in [-0.25, -0.2) is 4.79 Å². The molecular formula is C25H39F3N2O5. The number of para-hydroxylation sites is 1. The van der Waals surface area contributed by atoms with E-state index in [9.17, 15) is 22.8 Å². The first-order valence-corrected chi connectivity index (χ1v) is 11.7. The lowest BCUT2D eigenvalue weighted by molar-refractivity contribution is -0.192. The highest BCUT2D eigenvalue weighted by atomic mass is 19.4. The van der Waals surface area contributed by atoms with Crippen LogP contribution >= 0.6 is 0 Å². The number of alkyl halides is 3. The third kappa shape index (κ3) is 10.3. The first-order valence-electron chi connectivity index (χ1n) is 11.7. The Labute approximate surface area is 206 Å². The Bertz CT molecular complexity index is 857. The average Bonchev–Trinajstić information content (AvgIpc) is 3.26. The Balaban J connectivity index is 0.00000134.